The molecule has 0 saturated carbocycles. The highest BCUT2D eigenvalue weighted by atomic mass is 32.2. The summed E-state index contributed by atoms with van der Waals surface area (Å²) in [7, 11) is -3.89. The van der Waals surface area contributed by atoms with Crippen molar-refractivity contribution < 1.29 is 18.0 Å². The van der Waals surface area contributed by atoms with E-state index >= 15 is 0 Å². The minimum absolute atomic E-state index is 0.0919. The predicted octanol–water partition coefficient (Wildman–Crippen LogP) is 4.56. The molecule has 7 nitrogen and oxygen atoms in total. The number of hydrogen-bond donors (Lipinski definition) is 1. The normalized spacial score (nSPS) is 17.7. The molecule has 2 aromatic carbocycles. The SMILES string of the molecule is CCCCCCS(=O)(=O)N1C(=O)C(CC(=O)Nc2ccccc2)SC1=Nc1ccccc1. The van der Waals surface area contributed by atoms with Crippen LogP contribution in [0.25, 0.3) is 0 Å². The molecular formula is C23H27N3O4S2. The first-order chi connectivity index (χ1) is 15.4. The zero-order valence-corrected chi connectivity index (χ0v) is 19.6. The Hall–Kier alpha value is -2.65. The van der Waals surface area contributed by atoms with Crippen molar-refractivity contribution >= 4 is 50.1 Å². The molecule has 9 heteroatoms. The molecule has 1 aliphatic rings. The molecule has 1 N–H and O–H groups in total. The Labute approximate surface area is 193 Å². The Morgan fingerprint density at radius 2 is 1.69 bits per heavy atom. The smallest absolute Gasteiger partial charge is 0.256 e. The topological polar surface area (TPSA) is 95.9 Å². The Morgan fingerprint density at radius 3 is 2.34 bits per heavy atom. The number of nitrogens with zero attached hydrogens (tertiary/aromatic N) is 2. The van der Waals surface area contributed by atoms with E-state index in [1.54, 1.807) is 48.5 Å². The van der Waals surface area contributed by atoms with Gasteiger partial charge in [0.15, 0.2) is 5.17 Å². The molecule has 1 unspecified atom stereocenters. The van der Waals surface area contributed by atoms with Gasteiger partial charge in [0.05, 0.1) is 11.4 Å². The quantitative estimate of drug-likeness (QED) is 0.511. The summed E-state index contributed by atoms with van der Waals surface area (Å²) in [5, 5.41) is 1.98. The summed E-state index contributed by atoms with van der Waals surface area (Å²) in [6.45, 7) is 2.05. The van der Waals surface area contributed by atoms with E-state index in [0.717, 1.165) is 35.3 Å². The summed E-state index contributed by atoms with van der Waals surface area (Å²) in [5.74, 6) is -1.11. The number of anilines is 1. The molecule has 0 aliphatic carbocycles. The fourth-order valence-corrected chi connectivity index (χ4v) is 6.23. The summed E-state index contributed by atoms with van der Waals surface area (Å²) in [5.41, 5.74) is 1.16. The van der Waals surface area contributed by atoms with Crippen molar-refractivity contribution in [2.75, 3.05) is 11.1 Å². The third-order valence-electron chi connectivity index (χ3n) is 4.84. The van der Waals surface area contributed by atoms with Crippen LogP contribution in [0.3, 0.4) is 0 Å². The number of unbranched alkanes of at least 4 members (excludes halogenated alkanes) is 3. The molecular weight excluding hydrogens is 446 g/mol. The van der Waals surface area contributed by atoms with E-state index < -0.39 is 21.2 Å². The lowest BCUT2D eigenvalue weighted by atomic mass is 10.2. The van der Waals surface area contributed by atoms with Crippen molar-refractivity contribution in [1.29, 1.82) is 0 Å². The number of para-hydroxylation sites is 2. The number of carbonyl (C=O) groups is 2. The average Bonchev–Trinajstić information content (AvgIpc) is 3.07. The van der Waals surface area contributed by atoms with Gasteiger partial charge in [-0.25, -0.2) is 13.4 Å². The lowest BCUT2D eigenvalue weighted by Gasteiger charge is -2.16. The van der Waals surface area contributed by atoms with Crippen molar-refractivity contribution in [2.24, 2.45) is 4.99 Å². The van der Waals surface area contributed by atoms with E-state index in [4.69, 9.17) is 0 Å². The van der Waals surface area contributed by atoms with Gasteiger partial charge in [-0.2, -0.15) is 4.31 Å². The number of sulfonamides is 1. The summed E-state index contributed by atoms with van der Waals surface area (Å²) in [6, 6.07) is 17.8. The van der Waals surface area contributed by atoms with Gasteiger partial charge in [0.25, 0.3) is 5.91 Å². The van der Waals surface area contributed by atoms with E-state index in [9.17, 15) is 18.0 Å². The first kappa shape index (κ1) is 24.0. The van der Waals surface area contributed by atoms with Gasteiger partial charge in [0.2, 0.25) is 15.9 Å². The minimum Gasteiger partial charge on any atom is -0.326 e. The standard InChI is InChI=1S/C23H27N3O4S2/c1-2-3-4-11-16-32(29,30)26-22(28)20(17-21(27)24-18-12-7-5-8-13-18)31-23(26)25-19-14-9-6-10-15-19/h5-10,12-15,20H,2-4,11,16-17H2,1H3,(H,24,27). The number of thioether (sulfide) groups is 1. The maximum absolute atomic E-state index is 13.1. The number of amidine groups is 1. The first-order valence-electron chi connectivity index (χ1n) is 10.6. The van der Waals surface area contributed by atoms with E-state index in [1.807, 2.05) is 19.1 Å². The largest absolute Gasteiger partial charge is 0.326 e. The molecule has 0 spiro atoms. The maximum atomic E-state index is 13.1. The molecule has 1 heterocycles. The van der Waals surface area contributed by atoms with Crippen molar-refractivity contribution in [2.45, 2.75) is 44.3 Å². The van der Waals surface area contributed by atoms with Gasteiger partial charge in [-0.1, -0.05) is 74.3 Å². The molecule has 170 valence electrons. The molecule has 3 rings (SSSR count). The predicted molar refractivity (Wildman–Crippen MR) is 129 cm³/mol. The van der Waals surface area contributed by atoms with E-state index in [2.05, 4.69) is 10.3 Å². The number of nitrogens with one attached hydrogen (secondary N) is 1. The Balaban J connectivity index is 1.79. The van der Waals surface area contributed by atoms with Crippen LogP contribution in [-0.2, 0) is 19.6 Å². The monoisotopic (exact) mass is 473 g/mol. The second-order valence-corrected chi connectivity index (χ2v) is 10.5. The fourth-order valence-electron chi connectivity index (χ4n) is 3.22. The second-order valence-electron chi connectivity index (χ2n) is 7.43. The number of aliphatic imine (C=N–C) groups is 1. The number of amides is 2. The van der Waals surface area contributed by atoms with Crippen molar-refractivity contribution in [3.63, 3.8) is 0 Å². The summed E-state index contributed by atoms with van der Waals surface area (Å²) in [6.07, 6.45) is 3.03. The molecule has 0 radical (unpaired) electrons. The molecule has 1 atom stereocenters. The van der Waals surface area contributed by atoms with Crippen LogP contribution in [0.5, 0.6) is 0 Å². The number of hydrogen-bond acceptors (Lipinski definition) is 6. The fraction of sp³-hybridized carbons (Fsp3) is 0.348. The lowest BCUT2D eigenvalue weighted by Crippen LogP contribution is -2.39. The number of carbonyl (C=O) groups excluding carboxylic acids is 2. The highest BCUT2D eigenvalue weighted by Gasteiger charge is 2.45. The molecule has 2 amide bonds. The van der Waals surface area contributed by atoms with Gasteiger partial charge in [-0.3, -0.25) is 9.59 Å². The van der Waals surface area contributed by atoms with Crippen LogP contribution in [0.2, 0.25) is 0 Å². The van der Waals surface area contributed by atoms with Gasteiger partial charge in [-0.15, -0.1) is 0 Å². The zero-order valence-electron chi connectivity index (χ0n) is 17.9. The minimum atomic E-state index is -3.89. The van der Waals surface area contributed by atoms with Crippen molar-refractivity contribution in [3.05, 3.63) is 60.7 Å². The Kier molecular flexibility index (Phi) is 8.46. The summed E-state index contributed by atoms with van der Waals surface area (Å²) >= 11 is 1.02. The molecule has 0 bridgehead atoms. The van der Waals surface area contributed by atoms with Gasteiger partial charge in [0, 0.05) is 12.1 Å². The molecule has 1 fully saturated rings. The van der Waals surface area contributed by atoms with Crippen molar-refractivity contribution in [1.82, 2.24) is 4.31 Å². The number of rotatable bonds is 10. The molecule has 1 aliphatic heterocycles. The van der Waals surface area contributed by atoms with Gasteiger partial charge in [0.1, 0.15) is 5.25 Å². The Bertz CT molecular complexity index is 1060. The van der Waals surface area contributed by atoms with Crippen LogP contribution in [-0.4, -0.2) is 40.7 Å². The van der Waals surface area contributed by atoms with E-state index in [-0.39, 0.29) is 23.2 Å². The zero-order chi connectivity index (χ0) is 23.0. The summed E-state index contributed by atoms with van der Waals surface area (Å²) < 4.78 is 26.9. The Morgan fingerprint density at radius 1 is 1.03 bits per heavy atom. The van der Waals surface area contributed by atoms with Gasteiger partial charge in [-0.05, 0) is 30.7 Å². The van der Waals surface area contributed by atoms with E-state index in [0.29, 0.717) is 17.8 Å². The molecule has 0 aromatic heterocycles. The maximum Gasteiger partial charge on any atom is 0.256 e. The highest BCUT2D eigenvalue weighted by molar-refractivity contribution is 8.17. The van der Waals surface area contributed by atoms with Crippen molar-refractivity contribution in [3.8, 4) is 0 Å². The van der Waals surface area contributed by atoms with Gasteiger partial charge >= 0.3 is 0 Å². The first-order valence-corrected chi connectivity index (χ1v) is 13.1. The molecule has 32 heavy (non-hydrogen) atoms. The lowest BCUT2D eigenvalue weighted by molar-refractivity contribution is -0.125. The van der Waals surface area contributed by atoms with Crippen LogP contribution < -0.4 is 5.32 Å². The number of benzene rings is 2. The highest BCUT2D eigenvalue weighted by Crippen LogP contribution is 2.34. The van der Waals surface area contributed by atoms with Gasteiger partial charge < -0.3 is 5.32 Å². The van der Waals surface area contributed by atoms with Crippen LogP contribution in [0.15, 0.2) is 65.7 Å². The second kappa shape index (κ2) is 11.3. The summed E-state index contributed by atoms with van der Waals surface area (Å²) in [4.78, 5) is 30.0. The van der Waals surface area contributed by atoms with E-state index in [1.165, 1.54) is 0 Å². The third-order valence-corrected chi connectivity index (χ3v) is 7.81. The molecule has 2 aromatic rings. The van der Waals surface area contributed by atoms with Crippen LogP contribution in [0.4, 0.5) is 11.4 Å². The average molecular weight is 474 g/mol. The van der Waals surface area contributed by atoms with Crippen LogP contribution >= 0.6 is 11.8 Å². The third kappa shape index (κ3) is 6.43. The van der Waals surface area contributed by atoms with Crippen LogP contribution in [0.1, 0.15) is 39.0 Å². The molecule has 1 saturated heterocycles. The van der Waals surface area contributed by atoms with Crippen LogP contribution in [0, 0.1) is 0 Å².